The zero-order valence-corrected chi connectivity index (χ0v) is 10.3. The van der Waals surface area contributed by atoms with Gasteiger partial charge in [0.1, 0.15) is 0 Å². The Morgan fingerprint density at radius 1 is 1.33 bits per heavy atom. The third-order valence-corrected chi connectivity index (χ3v) is 4.25. The van der Waals surface area contributed by atoms with Crippen molar-refractivity contribution in [2.75, 3.05) is 6.61 Å². The molecule has 0 radical (unpaired) electrons. The number of ether oxygens (including phenoxy) is 1. The predicted molar refractivity (Wildman–Crippen MR) is 68.1 cm³/mol. The molecule has 1 fully saturated rings. The summed E-state index contributed by atoms with van der Waals surface area (Å²) in [6.07, 6.45) is 11.9. The molecule has 0 aromatic heterocycles. The standard InChI is InChI=1S/C15H18O3/c16-15(17)11-5-6-13-12-4-2-1-3-10(12)7-8-18-14(13)9-11/h1-4,10-11,14H,5-9H2,(H,16,17). The van der Waals surface area contributed by atoms with E-state index in [1.54, 1.807) is 0 Å². The van der Waals surface area contributed by atoms with Crippen LogP contribution < -0.4 is 0 Å². The summed E-state index contributed by atoms with van der Waals surface area (Å²) in [4.78, 5) is 11.1. The van der Waals surface area contributed by atoms with E-state index >= 15 is 0 Å². The lowest BCUT2D eigenvalue weighted by Gasteiger charge is -2.30. The molecule has 1 N–H and O–H groups in total. The molecule has 3 aliphatic rings. The van der Waals surface area contributed by atoms with Crippen molar-refractivity contribution in [1.82, 2.24) is 0 Å². The molecule has 1 saturated carbocycles. The SMILES string of the molecule is O=C(O)C1CCC2=C3C=CC=CC3CCOC2C1. The van der Waals surface area contributed by atoms with Crippen LogP contribution in [0.1, 0.15) is 25.7 Å². The fourth-order valence-electron chi connectivity index (χ4n) is 3.25. The molecule has 3 nitrogen and oxygen atoms in total. The van der Waals surface area contributed by atoms with E-state index in [9.17, 15) is 4.79 Å². The number of carbonyl (C=O) groups is 1. The maximum absolute atomic E-state index is 11.1. The molecule has 3 heteroatoms. The molecule has 0 amide bonds. The van der Waals surface area contributed by atoms with Crippen molar-refractivity contribution in [1.29, 1.82) is 0 Å². The van der Waals surface area contributed by atoms with Crippen LogP contribution in [-0.2, 0) is 9.53 Å². The number of carboxylic acid groups (broad SMARTS) is 1. The Balaban J connectivity index is 1.90. The third kappa shape index (κ3) is 2.03. The molecule has 0 bridgehead atoms. The van der Waals surface area contributed by atoms with Gasteiger partial charge in [0.2, 0.25) is 0 Å². The topological polar surface area (TPSA) is 46.5 Å². The predicted octanol–water partition coefficient (Wildman–Crippen LogP) is 2.70. The van der Waals surface area contributed by atoms with Gasteiger partial charge in [-0.05, 0) is 36.8 Å². The summed E-state index contributed by atoms with van der Waals surface area (Å²) < 4.78 is 5.89. The molecular weight excluding hydrogens is 228 g/mol. The van der Waals surface area contributed by atoms with Crippen LogP contribution in [0.15, 0.2) is 35.5 Å². The molecule has 1 heterocycles. The van der Waals surface area contributed by atoms with Gasteiger partial charge in [0, 0.05) is 12.5 Å². The van der Waals surface area contributed by atoms with Gasteiger partial charge >= 0.3 is 5.97 Å². The van der Waals surface area contributed by atoms with Gasteiger partial charge < -0.3 is 9.84 Å². The van der Waals surface area contributed by atoms with Crippen LogP contribution in [0.25, 0.3) is 0 Å². The van der Waals surface area contributed by atoms with Crippen LogP contribution in [0.4, 0.5) is 0 Å². The molecule has 3 atom stereocenters. The molecule has 96 valence electrons. The Bertz CT molecular complexity index is 445. The van der Waals surface area contributed by atoms with Crippen molar-refractivity contribution in [2.24, 2.45) is 11.8 Å². The zero-order chi connectivity index (χ0) is 12.5. The van der Waals surface area contributed by atoms with Gasteiger partial charge in [-0.2, -0.15) is 0 Å². The second-order valence-electron chi connectivity index (χ2n) is 5.29. The number of aliphatic carboxylic acids is 1. The van der Waals surface area contributed by atoms with Crippen LogP contribution >= 0.6 is 0 Å². The van der Waals surface area contributed by atoms with Crippen molar-refractivity contribution in [3.05, 3.63) is 35.5 Å². The molecule has 0 aromatic carbocycles. The van der Waals surface area contributed by atoms with Crippen LogP contribution in [0.5, 0.6) is 0 Å². The summed E-state index contributed by atoms with van der Waals surface area (Å²) in [6.45, 7) is 0.729. The van der Waals surface area contributed by atoms with E-state index in [0.717, 1.165) is 25.9 Å². The number of hydrogen-bond acceptors (Lipinski definition) is 2. The lowest BCUT2D eigenvalue weighted by atomic mass is 9.78. The van der Waals surface area contributed by atoms with E-state index in [1.165, 1.54) is 11.1 Å². The molecule has 0 saturated heterocycles. The molecule has 3 rings (SSSR count). The first-order valence-electron chi connectivity index (χ1n) is 6.68. The number of fused-ring (bicyclic) bond motifs is 2. The summed E-state index contributed by atoms with van der Waals surface area (Å²) in [5, 5.41) is 9.13. The molecule has 0 aromatic rings. The van der Waals surface area contributed by atoms with Gasteiger partial charge in [-0.1, -0.05) is 24.3 Å². The minimum atomic E-state index is -0.678. The Morgan fingerprint density at radius 3 is 3.06 bits per heavy atom. The summed E-state index contributed by atoms with van der Waals surface area (Å²) in [5.41, 5.74) is 2.72. The van der Waals surface area contributed by atoms with Crippen molar-refractivity contribution in [3.8, 4) is 0 Å². The van der Waals surface area contributed by atoms with Crippen molar-refractivity contribution in [3.63, 3.8) is 0 Å². The second kappa shape index (κ2) is 4.73. The van der Waals surface area contributed by atoms with Crippen molar-refractivity contribution in [2.45, 2.75) is 31.8 Å². The highest BCUT2D eigenvalue weighted by Crippen LogP contribution is 2.39. The first kappa shape index (κ1) is 11.7. The van der Waals surface area contributed by atoms with E-state index in [-0.39, 0.29) is 12.0 Å². The summed E-state index contributed by atoms with van der Waals surface area (Å²) in [6, 6.07) is 0. The van der Waals surface area contributed by atoms with Gasteiger partial charge in [0.05, 0.1) is 12.0 Å². The van der Waals surface area contributed by atoms with Gasteiger partial charge in [-0.25, -0.2) is 0 Å². The Labute approximate surface area is 107 Å². The van der Waals surface area contributed by atoms with Crippen LogP contribution in [0, 0.1) is 11.8 Å². The molecule has 3 unspecified atom stereocenters. The third-order valence-electron chi connectivity index (χ3n) is 4.25. The second-order valence-corrected chi connectivity index (χ2v) is 5.29. The highest BCUT2D eigenvalue weighted by atomic mass is 16.5. The molecule has 2 aliphatic carbocycles. The highest BCUT2D eigenvalue weighted by molar-refractivity contribution is 5.70. The smallest absolute Gasteiger partial charge is 0.306 e. The lowest BCUT2D eigenvalue weighted by molar-refractivity contribution is -0.143. The maximum Gasteiger partial charge on any atom is 0.306 e. The quantitative estimate of drug-likeness (QED) is 0.773. The summed E-state index contributed by atoms with van der Waals surface area (Å²) in [5.74, 6) is -0.446. The molecule has 0 spiro atoms. The number of hydrogen-bond donors (Lipinski definition) is 1. The number of rotatable bonds is 1. The van der Waals surface area contributed by atoms with Gasteiger partial charge in [-0.3, -0.25) is 4.79 Å². The largest absolute Gasteiger partial charge is 0.481 e. The van der Waals surface area contributed by atoms with E-state index in [1.807, 2.05) is 0 Å². The molecule has 1 aliphatic heterocycles. The maximum atomic E-state index is 11.1. The first-order valence-corrected chi connectivity index (χ1v) is 6.68. The van der Waals surface area contributed by atoms with E-state index in [0.29, 0.717) is 12.3 Å². The Kier molecular flexibility index (Phi) is 3.08. The fraction of sp³-hybridized carbons (Fsp3) is 0.533. The van der Waals surface area contributed by atoms with Gasteiger partial charge in [0.15, 0.2) is 0 Å². The fourth-order valence-corrected chi connectivity index (χ4v) is 3.25. The number of carboxylic acids is 1. The van der Waals surface area contributed by atoms with E-state index in [2.05, 4.69) is 24.3 Å². The number of allylic oxidation sites excluding steroid dienone is 5. The highest BCUT2D eigenvalue weighted by Gasteiger charge is 2.34. The van der Waals surface area contributed by atoms with Crippen molar-refractivity contribution < 1.29 is 14.6 Å². The summed E-state index contributed by atoms with van der Waals surface area (Å²) in [7, 11) is 0. The minimum absolute atomic E-state index is 0.0241. The van der Waals surface area contributed by atoms with Crippen molar-refractivity contribution >= 4 is 5.97 Å². The van der Waals surface area contributed by atoms with Gasteiger partial charge in [0.25, 0.3) is 0 Å². The Morgan fingerprint density at radius 2 is 2.22 bits per heavy atom. The van der Waals surface area contributed by atoms with Gasteiger partial charge in [-0.15, -0.1) is 0 Å². The monoisotopic (exact) mass is 246 g/mol. The van der Waals surface area contributed by atoms with E-state index in [4.69, 9.17) is 9.84 Å². The van der Waals surface area contributed by atoms with Crippen LogP contribution in [-0.4, -0.2) is 23.8 Å². The van der Waals surface area contributed by atoms with Crippen LogP contribution in [0.2, 0.25) is 0 Å². The average Bonchev–Trinajstić information content (AvgIpc) is 2.57. The lowest BCUT2D eigenvalue weighted by Crippen LogP contribution is -2.30. The summed E-state index contributed by atoms with van der Waals surface area (Å²) >= 11 is 0. The normalized spacial score (nSPS) is 34.8. The average molecular weight is 246 g/mol. The first-order chi connectivity index (χ1) is 8.75. The molecule has 18 heavy (non-hydrogen) atoms. The Hall–Kier alpha value is -1.35. The zero-order valence-electron chi connectivity index (χ0n) is 10.3. The van der Waals surface area contributed by atoms with E-state index < -0.39 is 5.97 Å². The molecular formula is C15H18O3. The van der Waals surface area contributed by atoms with Crippen LogP contribution in [0.3, 0.4) is 0 Å². The minimum Gasteiger partial charge on any atom is -0.481 e.